The molecule has 1 amide bonds. The van der Waals surface area contributed by atoms with E-state index in [-0.39, 0.29) is 11.3 Å². The van der Waals surface area contributed by atoms with Gasteiger partial charge in [-0.15, -0.1) is 0 Å². The molecule has 0 aromatic heterocycles. The zero-order valence-corrected chi connectivity index (χ0v) is 13.7. The Labute approximate surface area is 133 Å². The first kappa shape index (κ1) is 17.2. The van der Waals surface area contributed by atoms with Gasteiger partial charge in [-0.1, -0.05) is 0 Å². The van der Waals surface area contributed by atoms with Crippen LogP contribution < -0.4 is 9.62 Å². The van der Waals surface area contributed by atoms with Gasteiger partial charge in [-0.25, -0.2) is 22.3 Å². The van der Waals surface area contributed by atoms with Crippen LogP contribution >= 0.6 is 0 Å². The predicted octanol–water partition coefficient (Wildman–Crippen LogP) is 1.20. The second-order valence-electron chi connectivity index (χ2n) is 5.93. The van der Waals surface area contributed by atoms with Crippen molar-refractivity contribution in [2.45, 2.75) is 24.5 Å². The Kier molecular flexibility index (Phi) is 4.10. The Hall–Kier alpha value is -2.16. The van der Waals surface area contributed by atoms with Gasteiger partial charge in [0.2, 0.25) is 10.0 Å². The van der Waals surface area contributed by atoms with Crippen LogP contribution in [-0.2, 0) is 10.0 Å². The monoisotopic (exact) mass is 344 g/mol. The molecule has 2 rings (SSSR count). The predicted molar refractivity (Wildman–Crippen MR) is 81.7 cm³/mol. The minimum Gasteiger partial charge on any atom is -0.478 e. The number of anilines is 1. The summed E-state index contributed by atoms with van der Waals surface area (Å²) in [5, 5.41) is 8.95. The Morgan fingerprint density at radius 3 is 2.26 bits per heavy atom. The van der Waals surface area contributed by atoms with Gasteiger partial charge in [-0.05, 0) is 31.9 Å². The van der Waals surface area contributed by atoms with E-state index in [2.05, 4.69) is 0 Å². The first-order valence-corrected chi connectivity index (χ1v) is 8.28. The van der Waals surface area contributed by atoms with Crippen molar-refractivity contribution >= 4 is 27.6 Å². The fourth-order valence-electron chi connectivity index (χ4n) is 2.02. The molecular formula is C14H17FN2O5S. The van der Waals surface area contributed by atoms with Crippen molar-refractivity contribution in [3.05, 3.63) is 29.1 Å². The Morgan fingerprint density at radius 1 is 1.26 bits per heavy atom. The molecule has 0 spiro atoms. The van der Waals surface area contributed by atoms with Crippen LogP contribution in [0.3, 0.4) is 0 Å². The number of hydrogen-bond donors (Lipinski definition) is 2. The standard InChI is InChI=1S/C14H17FN2O5S/c1-14(4-5-14)23(21,22)16-12(18)9-6-10(15)8(13(19)20)7-11(9)17(2)3/h6-7H,4-5H2,1-3H3,(H,16,18)(H,19,20). The van der Waals surface area contributed by atoms with Gasteiger partial charge in [-0.2, -0.15) is 0 Å². The lowest BCUT2D eigenvalue weighted by atomic mass is 10.1. The number of carbonyl (C=O) groups is 2. The maximum atomic E-state index is 13.9. The number of carboxylic acids is 1. The quantitative estimate of drug-likeness (QED) is 0.832. The number of rotatable bonds is 5. The van der Waals surface area contributed by atoms with Crippen molar-refractivity contribution in [2.24, 2.45) is 0 Å². The van der Waals surface area contributed by atoms with Gasteiger partial charge in [0.15, 0.2) is 0 Å². The Bertz CT molecular complexity index is 785. The summed E-state index contributed by atoms with van der Waals surface area (Å²) in [7, 11) is -0.804. The number of carbonyl (C=O) groups excluding carboxylic acids is 1. The summed E-state index contributed by atoms with van der Waals surface area (Å²) in [5.41, 5.74) is -0.731. The smallest absolute Gasteiger partial charge is 0.338 e. The van der Waals surface area contributed by atoms with E-state index in [0.717, 1.165) is 12.1 Å². The van der Waals surface area contributed by atoms with Crippen molar-refractivity contribution in [1.29, 1.82) is 0 Å². The number of sulfonamides is 1. The Balaban J connectivity index is 2.44. The topological polar surface area (TPSA) is 104 Å². The number of benzene rings is 1. The van der Waals surface area contributed by atoms with E-state index in [0.29, 0.717) is 12.8 Å². The number of nitrogens with zero attached hydrogens (tertiary/aromatic N) is 1. The molecule has 23 heavy (non-hydrogen) atoms. The molecule has 9 heteroatoms. The van der Waals surface area contributed by atoms with Crippen LogP contribution in [0, 0.1) is 5.82 Å². The molecule has 1 fully saturated rings. The SMILES string of the molecule is CN(C)c1cc(C(=O)O)c(F)cc1C(=O)NS(=O)(=O)C1(C)CC1. The summed E-state index contributed by atoms with van der Waals surface area (Å²) in [5.74, 6) is -3.57. The molecule has 0 unspecified atom stereocenters. The molecule has 2 N–H and O–H groups in total. The molecular weight excluding hydrogens is 327 g/mol. The second-order valence-corrected chi connectivity index (χ2v) is 8.13. The summed E-state index contributed by atoms with van der Waals surface area (Å²) < 4.78 is 39.0. The maximum absolute atomic E-state index is 13.9. The average molecular weight is 344 g/mol. The van der Waals surface area contributed by atoms with Gasteiger partial charge in [0.25, 0.3) is 5.91 Å². The molecule has 0 radical (unpaired) electrons. The van der Waals surface area contributed by atoms with Crippen LogP contribution in [0.1, 0.15) is 40.5 Å². The van der Waals surface area contributed by atoms with Crippen LogP contribution in [0.15, 0.2) is 12.1 Å². The van der Waals surface area contributed by atoms with Crippen molar-refractivity contribution in [3.8, 4) is 0 Å². The lowest BCUT2D eigenvalue weighted by molar-refractivity contribution is 0.0691. The summed E-state index contributed by atoms with van der Waals surface area (Å²) in [4.78, 5) is 24.7. The Morgan fingerprint density at radius 2 is 1.83 bits per heavy atom. The van der Waals surface area contributed by atoms with Crippen LogP contribution in [0.4, 0.5) is 10.1 Å². The highest BCUT2D eigenvalue weighted by molar-refractivity contribution is 7.91. The van der Waals surface area contributed by atoms with Crippen LogP contribution in [0.2, 0.25) is 0 Å². The second kappa shape index (κ2) is 5.48. The third-order valence-corrected chi connectivity index (χ3v) is 6.03. The van der Waals surface area contributed by atoms with Gasteiger partial charge < -0.3 is 10.0 Å². The minimum atomic E-state index is -3.87. The van der Waals surface area contributed by atoms with E-state index in [1.807, 2.05) is 4.72 Å². The molecule has 1 saturated carbocycles. The maximum Gasteiger partial charge on any atom is 0.338 e. The molecule has 0 atom stereocenters. The van der Waals surface area contributed by atoms with Crippen molar-refractivity contribution < 1.29 is 27.5 Å². The third kappa shape index (κ3) is 3.14. The van der Waals surface area contributed by atoms with E-state index >= 15 is 0 Å². The number of hydrogen-bond acceptors (Lipinski definition) is 5. The van der Waals surface area contributed by atoms with Gasteiger partial charge in [0.05, 0.1) is 21.6 Å². The molecule has 0 heterocycles. The van der Waals surface area contributed by atoms with Crippen molar-refractivity contribution in [2.75, 3.05) is 19.0 Å². The van der Waals surface area contributed by atoms with Gasteiger partial charge in [0.1, 0.15) is 5.82 Å². The van der Waals surface area contributed by atoms with Crippen LogP contribution in [-0.4, -0.2) is 44.2 Å². The minimum absolute atomic E-state index is 0.109. The highest BCUT2D eigenvalue weighted by Crippen LogP contribution is 2.42. The molecule has 0 bridgehead atoms. The lowest BCUT2D eigenvalue weighted by Gasteiger charge is -2.19. The van der Waals surface area contributed by atoms with Crippen molar-refractivity contribution in [1.82, 2.24) is 4.72 Å². The summed E-state index contributed by atoms with van der Waals surface area (Å²) in [6.45, 7) is 1.52. The molecule has 1 aliphatic carbocycles. The van der Waals surface area contributed by atoms with E-state index in [1.54, 1.807) is 0 Å². The number of halogens is 1. The van der Waals surface area contributed by atoms with E-state index in [4.69, 9.17) is 5.11 Å². The first-order valence-electron chi connectivity index (χ1n) is 6.79. The molecule has 1 aromatic rings. The zero-order valence-electron chi connectivity index (χ0n) is 12.9. The van der Waals surface area contributed by atoms with E-state index in [9.17, 15) is 22.4 Å². The van der Waals surface area contributed by atoms with Gasteiger partial charge in [-0.3, -0.25) is 4.79 Å². The number of carboxylic acid groups (broad SMARTS) is 1. The van der Waals surface area contributed by atoms with E-state index < -0.39 is 38.0 Å². The fourth-order valence-corrected chi connectivity index (χ4v) is 3.26. The van der Waals surface area contributed by atoms with E-state index in [1.165, 1.54) is 25.9 Å². The molecule has 1 aliphatic rings. The third-order valence-electron chi connectivity index (χ3n) is 3.87. The van der Waals surface area contributed by atoms with Crippen LogP contribution in [0.25, 0.3) is 0 Å². The summed E-state index contributed by atoms with van der Waals surface area (Å²) in [6, 6.07) is 1.73. The normalized spacial score (nSPS) is 15.8. The highest BCUT2D eigenvalue weighted by atomic mass is 32.2. The highest BCUT2D eigenvalue weighted by Gasteiger charge is 2.51. The number of amides is 1. The number of nitrogens with one attached hydrogen (secondary N) is 1. The molecule has 126 valence electrons. The number of aromatic carboxylic acids is 1. The van der Waals surface area contributed by atoms with Crippen molar-refractivity contribution in [3.63, 3.8) is 0 Å². The summed E-state index contributed by atoms with van der Waals surface area (Å²) >= 11 is 0. The fraction of sp³-hybridized carbons (Fsp3) is 0.429. The van der Waals surface area contributed by atoms with Gasteiger partial charge in [0, 0.05) is 14.1 Å². The molecule has 0 saturated heterocycles. The first-order chi connectivity index (χ1) is 10.5. The molecule has 0 aliphatic heterocycles. The van der Waals surface area contributed by atoms with Crippen LogP contribution in [0.5, 0.6) is 0 Å². The average Bonchev–Trinajstić information content (AvgIpc) is 3.17. The molecule has 1 aromatic carbocycles. The summed E-state index contributed by atoms with van der Waals surface area (Å²) in [6.07, 6.45) is 0.894. The molecule has 7 nitrogen and oxygen atoms in total. The lowest BCUT2D eigenvalue weighted by Crippen LogP contribution is -2.39. The van der Waals surface area contributed by atoms with Gasteiger partial charge >= 0.3 is 5.97 Å². The zero-order chi connectivity index (χ0) is 17.6. The largest absolute Gasteiger partial charge is 0.478 e.